The molecular weight excluding hydrogens is 340 g/mol. The summed E-state index contributed by atoms with van der Waals surface area (Å²) in [5, 5.41) is 3.13. The monoisotopic (exact) mass is 362 g/mol. The lowest BCUT2D eigenvalue weighted by molar-refractivity contribution is -0.130. The number of nitrogens with one attached hydrogen (secondary N) is 1. The predicted octanol–water partition coefficient (Wildman–Crippen LogP) is 3.59. The summed E-state index contributed by atoms with van der Waals surface area (Å²) in [6.07, 6.45) is 4.65. The normalized spacial score (nSPS) is 20.3. The van der Waals surface area contributed by atoms with Crippen molar-refractivity contribution in [1.82, 2.24) is 10.2 Å². The van der Waals surface area contributed by atoms with Crippen LogP contribution in [0.15, 0.2) is 54.7 Å². The molecule has 1 N–H and O–H groups in total. The fraction of sp³-hybridized carbons (Fsp3) is 0.273. The Morgan fingerprint density at radius 2 is 1.85 bits per heavy atom. The average molecular weight is 362 g/mol. The molecule has 0 unspecified atom stereocenters. The molecule has 4 rings (SSSR count). The predicted molar refractivity (Wildman–Crippen MR) is 103 cm³/mol. The lowest BCUT2D eigenvalue weighted by Crippen LogP contribution is -2.37. The molecule has 0 radical (unpaired) electrons. The van der Waals surface area contributed by atoms with E-state index in [1.807, 2.05) is 54.6 Å². The molecule has 0 saturated heterocycles. The van der Waals surface area contributed by atoms with Crippen LogP contribution in [0.1, 0.15) is 48.5 Å². The smallest absolute Gasteiger partial charge is 0.223 e. The van der Waals surface area contributed by atoms with E-state index in [1.54, 1.807) is 11.1 Å². The minimum absolute atomic E-state index is 0.0670. The quantitative estimate of drug-likeness (QED) is 0.908. The highest BCUT2D eigenvalue weighted by atomic mass is 16.5. The molecule has 2 amide bonds. The van der Waals surface area contributed by atoms with Crippen molar-refractivity contribution in [3.63, 3.8) is 0 Å². The van der Waals surface area contributed by atoms with Gasteiger partial charge in [-0.25, -0.2) is 0 Å². The van der Waals surface area contributed by atoms with Crippen molar-refractivity contribution < 1.29 is 14.3 Å². The number of carbonyl (C=O) groups excluding carboxylic acids is 2. The van der Waals surface area contributed by atoms with Gasteiger partial charge in [-0.3, -0.25) is 9.59 Å². The highest BCUT2D eigenvalue weighted by molar-refractivity contribution is 5.82. The fourth-order valence-electron chi connectivity index (χ4n) is 3.83. The van der Waals surface area contributed by atoms with Gasteiger partial charge in [0.1, 0.15) is 5.75 Å². The van der Waals surface area contributed by atoms with E-state index in [0.29, 0.717) is 6.61 Å². The first-order valence-corrected chi connectivity index (χ1v) is 9.20. The lowest BCUT2D eigenvalue weighted by atomic mass is 9.93. The molecule has 0 bridgehead atoms. The standard InChI is InChI=1S/C22H22N2O3/c1-15(25)24-12-10-16-6-2-3-7-17(16)20(24)14-22(26)23-19-11-13-27-21-9-5-4-8-18(19)21/h2-10,12,19-20H,11,13-14H2,1H3,(H,23,26)/t19-,20+/m0/s1. The molecule has 2 aromatic carbocycles. The van der Waals surface area contributed by atoms with Gasteiger partial charge >= 0.3 is 0 Å². The van der Waals surface area contributed by atoms with Crippen molar-refractivity contribution in [2.75, 3.05) is 6.61 Å². The molecule has 0 fully saturated rings. The Kier molecular flexibility index (Phi) is 4.67. The zero-order valence-corrected chi connectivity index (χ0v) is 15.2. The maximum Gasteiger partial charge on any atom is 0.223 e. The minimum Gasteiger partial charge on any atom is -0.493 e. The van der Waals surface area contributed by atoms with Crippen LogP contribution in [0, 0.1) is 0 Å². The highest BCUT2D eigenvalue weighted by Gasteiger charge is 2.30. The molecule has 0 aliphatic carbocycles. The third kappa shape index (κ3) is 3.45. The lowest BCUT2D eigenvalue weighted by Gasteiger charge is -2.33. The Hall–Kier alpha value is -3.08. The van der Waals surface area contributed by atoms with Crippen LogP contribution < -0.4 is 10.1 Å². The van der Waals surface area contributed by atoms with Crippen LogP contribution in [0.5, 0.6) is 5.75 Å². The number of benzene rings is 2. The van der Waals surface area contributed by atoms with Gasteiger partial charge in [-0.05, 0) is 23.3 Å². The molecule has 138 valence electrons. The van der Waals surface area contributed by atoms with Crippen molar-refractivity contribution >= 4 is 17.9 Å². The van der Waals surface area contributed by atoms with Crippen LogP contribution in [0.3, 0.4) is 0 Å². The second-order valence-corrected chi connectivity index (χ2v) is 6.89. The van der Waals surface area contributed by atoms with E-state index in [9.17, 15) is 9.59 Å². The maximum absolute atomic E-state index is 12.9. The molecule has 2 aliphatic heterocycles. The van der Waals surface area contributed by atoms with Crippen LogP contribution in [-0.2, 0) is 9.59 Å². The van der Waals surface area contributed by atoms with Gasteiger partial charge in [0.25, 0.3) is 0 Å². The van der Waals surface area contributed by atoms with E-state index in [-0.39, 0.29) is 30.3 Å². The second kappa shape index (κ2) is 7.27. The zero-order chi connectivity index (χ0) is 18.8. The Morgan fingerprint density at radius 1 is 1.11 bits per heavy atom. The molecule has 0 aromatic heterocycles. The SMILES string of the molecule is CC(=O)N1C=Cc2ccccc2[C@H]1CC(=O)N[C@H]1CCOc2ccccc21. The highest BCUT2D eigenvalue weighted by Crippen LogP contribution is 2.34. The Morgan fingerprint density at radius 3 is 2.67 bits per heavy atom. The Labute approximate surface area is 158 Å². The van der Waals surface area contributed by atoms with Crippen LogP contribution in [0.2, 0.25) is 0 Å². The van der Waals surface area contributed by atoms with Crippen molar-refractivity contribution in [2.24, 2.45) is 0 Å². The molecule has 2 atom stereocenters. The molecule has 2 aromatic rings. The van der Waals surface area contributed by atoms with E-state index >= 15 is 0 Å². The van der Waals surface area contributed by atoms with Crippen LogP contribution in [0.4, 0.5) is 0 Å². The Bertz CT molecular complexity index is 906. The summed E-state index contributed by atoms with van der Waals surface area (Å²) >= 11 is 0. The summed E-state index contributed by atoms with van der Waals surface area (Å²) < 4.78 is 5.67. The first-order chi connectivity index (χ1) is 13.1. The summed E-state index contributed by atoms with van der Waals surface area (Å²) in [6, 6.07) is 15.3. The summed E-state index contributed by atoms with van der Waals surface area (Å²) in [6.45, 7) is 2.11. The molecule has 27 heavy (non-hydrogen) atoms. The van der Waals surface area contributed by atoms with Crippen molar-refractivity contribution in [3.05, 3.63) is 71.4 Å². The molecular formula is C22H22N2O3. The summed E-state index contributed by atoms with van der Waals surface area (Å²) in [5.74, 6) is 0.679. The average Bonchev–Trinajstić information content (AvgIpc) is 2.68. The second-order valence-electron chi connectivity index (χ2n) is 6.89. The van der Waals surface area contributed by atoms with E-state index in [2.05, 4.69) is 5.32 Å². The van der Waals surface area contributed by atoms with E-state index in [0.717, 1.165) is 28.9 Å². The molecule has 0 saturated carbocycles. The van der Waals surface area contributed by atoms with Gasteiger partial charge in [-0.2, -0.15) is 0 Å². The van der Waals surface area contributed by atoms with Crippen molar-refractivity contribution in [2.45, 2.75) is 31.8 Å². The summed E-state index contributed by atoms with van der Waals surface area (Å²) in [5.41, 5.74) is 3.05. The summed E-state index contributed by atoms with van der Waals surface area (Å²) in [7, 11) is 0. The number of amides is 2. The number of para-hydroxylation sites is 1. The van der Waals surface area contributed by atoms with E-state index in [1.165, 1.54) is 6.92 Å². The first kappa shape index (κ1) is 17.3. The first-order valence-electron chi connectivity index (χ1n) is 9.20. The molecule has 0 spiro atoms. The number of carbonyl (C=O) groups is 2. The number of hydrogen-bond acceptors (Lipinski definition) is 3. The third-order valence-corrected chi connectivity index (χ3v) is 5.14. The van der Waals surface area contributed by atoms with Crippen molar-refractivity contribution in [1.29, 1.82) is 0 Å². The molecule has 2 aliphatic rings. The number of fused-ring (bicyclic) bond motifs is 2. The van der Waals surface area contributed by atoms with Crippen LogP contribution >= 0.6 is 0 Å². The van der Waals surface area contributed by atoms with Gasteiger partial charge in [-0.15, -0.1) is 0 Å². The largest absolute Gasteiger partial charge is 0.493 e. The van der Waals surface area contributed by atoms with E-state index in [4.69, 9.17) is 4.74 Å². The zero-order valence-electron chi connectivity index (χ0n) is 15.2. The number of nitrogens with zero attached hydrogens (tertiary/aromatic N) is 1. The van der Waals surface area contributed by atoms with Gasteiger partial charge in [0.2, 0.25) is 11.8 Å². The molecule has 2 heterocycles. The molecule has 5 heteroatoms. The summed E-state index contributed by atoms with van der Waals surface area (Å²) in [4.78, 5) is 26.6. The van der Waals surface area contributed by atoms with Gasteiger partial charge in [-0.1, -0.05) is 42.5 Å². The van der Waals surface area contributed by atoms with Crippen LogP contribution in [0.25, 0.3) is 6.08 Å². The fourth-order valence-corrected chi connectivity index (χ4v) is 3.83. The van der Waals surface area contributed by atoms with Crippen LogP contribution in [-0.4, -0.2) is 23.3 Å². The Balaban J connectivity index is 1.54. The number of ether oxygens (including phenoxy) is 1. The maximum atomic E-state index is 12.9. The number of rotatable bonds is 3. The van der Waals surface area contributed by atoms with Gasteiger partial charge in [0, 0.05) is 25.1 Å². The third-order valence-electron chi connectivity index (χ3n) is 5.14. The van der Waals surface area contributed by atoms with Gasteiger partial charge in [0.15, 0.2) is 0 Å². The minimum atomic E-state index is -0.293. The van der Waals surface area contributed by atoms with Gasteiger partial charge < -0.3 is 15.0 Å². The van der Waals surface area contributed by atoms with Crippen molar-refractivity contribution in [3.8, 4) is 5.75 Å². The molecule has 5 nitrogen and oxygen atoms in total. The number of hydrogen-bond donors (Lipinski definition) is 1. The topological polar surface area (TPSA) is 58.6 Å². The van der Waals surface area contributed by atoms with E-state index < -0.39 is 0 Å². The van der Waals surface area contributed by atoms with Gasteiger partial charge in [0.05, 0.1) is 25.1 Å².